The number of aromatic carboxylic acids is 1. The third kappa shape index (κ3) is 2.90. The highest BCUT2D eigenvalue weighted by Crippen LogP contribution is 2.52. The van der Waals surface area contributed by atoms with Gasteiger partial charge in [-0.1, -0.05) is 50.2 Å². The normalized spacial score (nSPS) is 16.2. The molecule has 1 aliphatic heterocycles. The molecule has 2 aliphatic rings. The van der Waals surface area contributed by atoms with Crippen LogP contribution in [0.15, 0.2) is 77.3 Å². The average Bonchev–Trinajstić information content (AvgIpc) is 3.08. The van der Waals surface area contributed by atoms with Gasteiger partial charge in [0.05, 0.1) is 22.5 Å². The van der Waals surface area contributed by atoms with Gasteiger partial charge in [-0.25, -0.2) is 9.79 Å². The van der Waals surface area contributed by atoms with Crippen LogP contribution in [0, 0.1) is 0 Å². The van der Waals surface area contributed by atoms with Crippen LogP contribution in [0.2, 0.25) is 0 Å². The maximum absolute atomic E-state index is 13.5. The molecule has 0 amide bonds. The highest BCUT2D eigenvalue weighted by atomic mass is 19.4. The van der Waals surface area contributed by atoms with E-state index in [0.717, 1.165) is 22.8 Å². The van der Waals surface area contributed by atoms with Gasteiger partial charge in [0.25, 0.3) is 0 Å². The number of benzene rings is 3. The first-order valence-corrected chi connectivity index (χ1v) is 10.1. The summed E-state index contributed by atoms with van der Waals surface area (Å²) in [4.78, 5) is 16.4. The van der Waals surface area contributed by atoms with Crippen molar-refractivity contribution < 1.29 is 23.1 Å². The molecule has 5 rings (SSSR count). The van der Waals surface area contributed by atoms with Crippen LogP contribution in [0.25, 0.3) is 5.57 Å². The van der Waals surface area contributed by atoms with Crippen LogP contribution in [-0.4, -0.2) is 16.8 Å². The summed E-state index contributed by atoms with van der Waals surface area (Å²) in [5.74, 6) is -1.04. The molecule has 6 heteroatoms. The lowest BCUT2D eigenvalue weighted by Gasteiger charge is -2.34. The van der Waals surface area contributed by atoms with Crippen molar-refractivity contribution in [2.24, 2.45) is 4.99 Å². The van der Waals surface area contributed by atoms with Crippen LogP contribution in [0.5, 0.6) is 0 Å². The molecular formula is C26H18F3NO2. The van der Waals surface area contributed by atoms with E-state index in [4.69, 9.17) is 4.99 Å². The first-order chi connectivity index (χ1) is 15.1. The van der Waals surface area contributed by atoms with Crippen molar-refractivity contribution in [3.8, 4) is 0 Å². The van der Waals surface area contributed by atoms with Crippen LogP contribution in [0.3, 0.4) is 0 Å². The van der Waals surface area contributed by atoms with Crippen molar-refractivity contribution >= 4 is 22.9 Å². The lowest BCUT2D eigenvalue weighted by atomic mass is 9.71. The third-order valence-corrected chi connectivity index (χ3v) is 6.19. The van der Waals surface area contributed by atoms with Gasteiger partial charge in [-0.15, -0.1) is 0 Å². The summed E-state index contributed by atoms with van der Waals surface area (Å²) < 4.78 is 40.6. The smallest absolute Gasteiger partial charge is 0.416 e. The predicted molar refractivity (Wildman–Crippen MR) is 117 cm³/mol. The van der Waals surface area contributed by atoms with Crippen LogP contribution in [-0.2, 0) is 11.6 Å². The second-order valence-corrected chi connectivity index (χ2v) is 8.50. The van der Waals surface area contributed by atoms with E-state index in [-0.39, 0.29) is 5.56 Å². The number of hydrogen-bond donors (Lipinski definition) is 1. The number of halogens is 3. The molecule has 0 fully saturated rings. The molecule has 1 aliphatic carbocycles. The maximum Gasteiger partial charge on any atom is 0.416 e. The van der Waals surface area contributed by atoms with Crippen LogP contribution < -0.4 is 0 Å². The minimum absolute atomic E-state index is 0.146. The molecule has 0 spiro atoms. The summed E-state index contributed by atoms with van der Waals surface area (Å²) >= 11 is 0. The lowest BCUT2D eigenvalue weighted by molar-refractivity contribution is -0.137. The van der Waals surface area contributed by atoms with E-state index in [1.165, 1.54) is 18.2 Å². The van der Waals surface area contributed by atoms with E-state index >= 15 is 0 Å². The first kappa shape index (κ1) is 20.2. The molecule has 0 radical (unpaired) electrons. The summed E-state index contributed by atoms with van der Waals surface area (Å²) in [7, 11) is 0. The Morgan fingerprint density at radius 3 is 2.31 bits per heavy atom. The molecular weight excluding hydrogens is 415 g/mol. The molecule has 3 nitrogen and oxygen atoms in total. The van der Waals surface area contributed by atoms with E-state index in [1.807, 2.05) is 44.2 Å². The number of carboxylic acids is 1. The van der Waals surface area contributed by atoms with Crippen LogP contribution >= 0.6 is 0 Å². The highest BCUT2D eigenvalue weighted by Gasteiger charge is 2.43. The Labute approximate surface area is 182 Å². The molecule has 0 atom stereocenters. The summed E-state index contributed by atoms with van der Waals surface area (Å²) in [6, 6.07) is 17.8. The van der Waals surface area contributed by atoms with E-state index < -0.39 is 23.1 Å². The SMILES string of the molecule is CC1(C)C2=C(c3ccccc3)c3cc(C(F)(F)F)ccc3C2=Nc2ccc(C(=O)O)cc21. The van der Waals surface area contributed by atoms with Gasteiger partial charge in [0.2, 0.25) is 0 Å². The number of aliphatic imine (C=N–C) groups is 1. The van der Waals surface area contributed by atoms with Crippen molar-refractivity contribution in [1.29, 1.82) is 0 Å². The summed E-state index contributed by atoms with van der Waals surface area (Å²) in [6.07, 6.45) is -4.47. The molecule has 32 heavy (non-hydrogen) atoms. The van der Waals surface area contributed by atoms with Gasteiger partial charge in [-0.3, -0.25) is 0 Å². The van der Waals surface area contributed by atoms with Crippen LogP contribution in [0.1, 0.15) is 52.0 Å². The summed E-state index contributed by atoms with van der Waals surface area (Å²) in [5.41, 5.74) is 4.15. The van der Waals surface area contributed by atoms with Crippen LogP contribution in [0.4, 0.5) is 18.9 Å². The largest absolute Gasteiger partial charge is 0.478 e. The summed E-state index contributed by atoms with van der Waals surface area (Å²) in [5, 5.41) is 9.47. The second-order valence-electron chi connectivity index (χ2n) is 8.50. The number of alkyl halides is 3. The van der Waals surface area contributed by atoms with Crippen molar-refractivity contribution in [2.45, 2.75) is 25.4 Å². The molecule has 3 aromatic carbocycles. The molecule has 0 unspecified atom stereocenters. The maximum atomic E-state index is 13.5. The zero-order valence-electron chi connectivity index (χ0n) is 17.3. The Kier molecular flexibility index (Phi) is 4.21. The fourth-order valence-corrected chi connectivity index (χ4v) is 4.67. The standard InChI is InChI=1S/C26H18F3NO2/c1-25(2)19-12-15(24(31)32)8-11-20(19)30-23-17-10-9-16(26(27,28)29)13-18(17)21(22(23)25)14-6-4-3-5-7-14/h3-13H,1-2H3,(H,31,32). The molecule has 0 bridgehead atoms. The van der Waals surface area contributed by atoms with E-state index in [2.05, 4.69) is 0 Å². The highest BCUT2D eigenvalue weighted by molar-refractivity contribution is 6.28. The van der Waals surface area contributed by atoms with Gasteiger partial charge in [-0.05, 0) is 58.2 Å². The number of carboxylic acid groups (broad SMARTS) is 1. The Balaban J connectivity index is 1.86. The molecule has 0 aromatic heterocycles. The number of allylic oxidation sites excluding steroid dienone is 1. The van der Waals surface area contributed by atoms with Crippen molar-refractivity contribution in [3.05, 3.63) is 106 Å². The molecule has 1 N–H and O–H groups in total. The Hall–Kier alpha value is -3.67. The molecule has 3 aromatic rings. The Bertz CT molecular complexity index is 1350. The van der Waals surface area contributed by atoms with Gasteiger partial charge in [-0.2, -0.15) is 13.2 Å². The fourth-order valence-electron chi connectivity index (χ4n) is 4.67. The topological polar surface area (TPSA) is 49.7 Å². The van der Waals surface area contributed by atoms with Crippen molar-refractivity contribution in [2.75, 3.05) is 0 Å². The van der Waals surface area contributed by atoms with Gasteiger partial charge < -0.3 is 5.11 Å². The Morgan fingerprint density at radius 2 is 1.66 bits per heavy atom. The first-order valence-electron chi connectivity index (χ1n) is 10.1. The zero-order valence-corrected chi connectivity index (χ0v) is 17.3. The predicted octanol–water partition coefficient (Wildman–Crippen LogP) is 6.63. The second kappa shape index (κ2) is 6.66. The van der Waals surface area contributed by atoms with E-state index in [9.17, 15) is 23.1 Å². The van der Waals surface area contributed by atoms with Gasteiger partial charge in [0, 0.05) is 11.0 Å². The third-order valence-electron chi connectivity index (χ3n) is 6.19. The van der Waals surface area contributed by atoms with E-state index in [0.29, 0.717) is 28.1 Å². The van der Waals surface area contributed by atoms with Crippen molar-refractivity contribution in [3.63, 3.8) is 0 Å². The van der Waals surface area contributed by atoms with Gasteiger partial charge in [0.1, 0.15) is 0 Å². The zero-order chi connectivity index (χ0) is 22.8. The average molecular weight is 433 g/mol. The fraction of sp³-hybridized carbons (Fsp3) is 0.154. The Morgan fingerprint density at radius 1 is 0.938 bits per heavy atom. The number of hydrogen-bond acceptors (Lipinski definition) is 2. The minimum Gasteiger partial charge on any atom is -0.478 e. The van der Waals surface area contributed by atoms with Gasteiger partial charge in [0.15, 0.2) is 0 Å². The summed E-state index contributed by atoms with van der Waals surface area (Å²) in [6.45, 7) is 3.92. The van der Waals surface area contributed by atoms with E-state index in [1.54, 1.807) is 12.1 Å². The minimum atomic E-state index is -4.47. The number of rotatable bonds is 2. The van der Waals surface area contributed by atoms with Gasteiger partial charge >= 0.3 is 12.1 Å². The lowest BCUT2D eigenvalue weighted by Crippen LogP contribution is -2.29. The monoisotopic (exact) mass is 433 g/mol. The molecule has 1 heterocycles. The molecule has 0 saturated heterocycles. The number of carbonyl (C=O) groups is 1. The molecule has 0 saturated carbocycles. The van der Waals surface area contributed by atoms with Crippen molar-refractivity contribution in [1.82, 2.24) is 0 Å². The molecule has 160 valence electrons. The number of nitrogens with zero attached hydrogens (tertiary/aromatic N) is 1. The number of fused-ring (bicyclic) bond motifs is 4. The quantitative estimate of drug-likeness (QED) is 0.493.